The van der Waals surface area contributed by atoms with Crippen LogP contribution in [-0.4, -0.2) is 17.0 Å². The molecule has 69 valence electrons. The third-order valence-corrected chi connectivity index (χ3v) is 2.86. The van der Waals surface area contributed by atoms with Gasteiger partial charge in [-0.25, -0.2) is 0 Å². The molecular weight excluding hydrogens is 158 g/mol. The molecule has 1 aliphatic rings. The van der Waals surface area contributed by atoms with Crippen LogP contribution in [-0.2, 0) is 6.54 Å². The first-order valence-electron chi connectivity index (χ1n) is 4.90. The number of likely N-dealkylation sites (tertiary alicyclic amines) is 1. The fourth-order valence-corrected chi connectivity index (χ4v) is 1.97. The standard InChI is InChI=1S/C12H16N/c1-10-8-11(2)13(10)9-12-6-4-3-5-7-12/h3-7,10-11H,1,8-9H2,2H3. The van der Waals surface area contributed by atoms with E-state index in [4.69, 9.17) is 0 Å². The van der Waals surface area contributed by atoms with Gasteiger partial charge in [-0.05, 0) is 25.8 Å². The molecule has 1 heterocycles. The zero-order valence-electron chi connectivity index (χ0n) is 8.11. The molecule has 0 aromatic heterocycles. The van der Waals surface area contributed by atoms with Gasteiger partial charge in [0.2, 0.25) is 0 Å². The predicted octanol–water partition coefficient (Wildman–Crippen LogP) is 2.48. The Kier molecular flexibility index (Phi) is 2.36. The lowest BCUT2D eigenvalue weighted by atomic mass is 9.95. The first-order chi connectivity index (χ1) is 6.27. The summed E-state index contributed by atoms with van der Waals surface area (Å²) in [4.78, 5) is 2.44. The lowest BCUT2D eigenvalue weighted by Gasteiger charge is -2.45. The van der Waals surface area contributed by atoms with E-state index in [-0.39, 0.29) is 0 Å². The Labute approximate surface area is 80.4 Å². The summed E-state index contributed by atoms with van der Waals surface area (Å²) in [5, 5.41) is 0. The highest BCUT2D eigenvalue weighted by atomic mass is 15.2. The molecule has 2 rings (SSSR count). The second-order valence-corrected chi connectivity index (χ2v) is 3.90. The summed E-state index contributed by atoms with van der Waals surface area (Å²) in [5.74, 6) is 0. The minimum absolute atomic E-state index is 0.523. The first kappa shape index (κ1) is 8.76. The van der Waals surface area contributed by atoms with Gasteiger partial charge < -0.3 is 0 Å². The van der Waals surface area contributed by atoms with Crippen molar-refractivity contribution in [2.75, 3.05) is 0 Å². The molecule has 0 bridgehead atoms. The number of benzene rings is 1. The van der Waals surface area contributed by atoms with Crippen LogP contribution in [0.1, 0.15) is 18.9 Å². The van der Waals surface area contributed by atoms with Crippen molar-refractivity contribution >= 4 is 0 Å². The summed E-state index contributed by atoms with van der Waals surface area (Å²) in [6, 6.07) is 11.8. The second kappa shape index (κ2) is 3.51. The Morgan fingerprint density at radius 1 is 1.38 bits per heavy atom. The van der Waals surface area contributed by atoms with Crippen molar-refractivity contribution in [3.63, 3.8) is 0 Å². The SMILES string of the molecule is [CH2]C1CC(C)N1Cc1ccccc1. The highest BCUT2D eigenvalue weighted by molar-refractivity contribution is 5.15. The largest absolute Gasteiger partial charge is 0.293 e. The van der Waals surface area contributed by atoms with E-state index in [1.165, 1.54) is 12.0 Å². The van der Waals surface area contributed by atoms with Gasteiger partial charge in [0.15, 0.2) is 0 Å². The lowest BCUT2D eigenvalue weighted by Crippen LogP contribution is -2.52. The molecule has 1 aliphatic heterocycles. The Hall–Kier alpha value is -0.820. The van der Waals surface area contributed by atoms with Crippen LogP contribution in [0.15, 0.2) is 30.3 Å². The van der Waals surface area contributed by atoms with E-state index in [0.717, 1.165) is 6.54 Å². The van der Waals surface area contributed by atoms with E-state index in [2.05, 4.69) is 49.1 Å². The summed E-state index contributed by atoms with van der Waals surface area (Å²) in [7, 11) is 0. The van der Waals surface area contributed by atoms with Crippen LogP contribution in [0, 0.1) is 6.92 Å². The molecule has 1 aromatic carbocycles. The van der Waals surface area contributed by atoms with Gasteiger partial charge in [0.05, 0.1) is 0 Å². The van der Waals surface area contributed by atoms with Gasteiger partial charge in [-0.1, -0.05) is 30.3 Å². The molecule has 0 N–H and O–H groups in total. The molecule has 0 saturated carbocycles. The predicted molar refractivity (Wildman–Crippen MR) is 55.2 cm³/mol. The van der Waals surface area contributed by atoms with Crippen LogP contribution in [0.25, 0.3) is 0 Å². The van der Waals surface area contributed by atoms with E-state index >= 15 is 0 Å². The Morgan fingerprint density at radius 2 is 2.08 bits per heavy atom. The third-order valence-electron chi connectivity index (χ3n) is 2.86. The zero-order valence-corrected chi connectivity index (χ0v) is 8.11. The molecule has 1 heteroatoms. The fourth-order valence-electron chi connectivity index (χ4n) is 1.97. The molecule has 1 nitrogen and oxygen atoms in total. The average molecular weight is 174 g/mol. The second-order valence-electron chi connectivity index (χ2n) is 3.90. The van der Waals surface area contributed by atoms with Crippen LogP contribution in [0.5, 0.6) is 0 Å². The highest BCUT2D eigenvalue weighted by Gasteiger charge is 2.30. The molecule has 1 fully saturated rings. The van der Waals surface area contributed by atoms with E-state index in [1.807, 2.05) is 0 Å². The first-order valence-corrected chi connectivity index (χ1v) is 4.90. The Morgan fingerprint density at radius 3 is 2.62 bits per heavy atom. The van der Waals surface area contributed by atoms with Crippen LogP contribution in [0.4, 0.5) is 0 Å². The number of hydrogen-bond donors (Lipinski definition) is 0. The fraction of sp³-hybridized carbons (Fsp3) is 0.417. The minimum atomic E-state index is 0.523. The monoisotopic (exact) mass is 174 g/mol. The molecular formula is C12H16N. The van der Waals surface area contributed by atoms with E-state index in [1.54, 1.807) is 0 Å². The van der Waals surface area contributed by atoms with Crippen molar-refractivity contribution in [2.45, 2.75) is 32.0 Å². The molecule has 1 aromatic rings. The molecule has 0 amide bonds. The lowest BCUT2D eigenvalue weighted by molar-refractivity contribution is 0.0454. The molecule has 13 heavy (non-hydrogen) atoms. The van der Waals surface area contributed by atoms with Crippen molar-refractivity contribution in [3.05, 3.63) is 42.8 Å². The normalized spacial score (nSPS) is 28.5. The van der Waals surface area contributed by atoms with Gasteiger partial charge in [-0.3, -0.25) is 4.90 Å². The van der Waals surface area contributed by atoms with E-state index in [9.17, 15) is 0 Å². The maximum Gasteiger partial charge on any atom is 0.0239 e. The van der Waals surface area contributed by atoms with Gasteiger partial charge in [-0.2, -0.15) is 0 Å². The Balaban J connectivity index is 1.99. The van der Waals surface area contributed by atoms with Crippen LogP contribution in [0.3, 0.4) is 0 Å². The van der Waals surface area contributed by atoms with Crippen molar-refractivity contribution in [3.8, 4) is 0 Å². The molecule has 0 spiro atoms. The number of rotatable bonds is 2. The van der Waals surface area contributed by atoms with E-state index < -0.39 is 0 Å². The van der Waals surface area contributed by atoms with E-state index in [0.29, 0.717) is 12.1 Å². The summed E-state index contributed by atoms with van der Waals surface area (Å²) in [5.41, 5.74) is 1.39. The van der Waals surface area contributed by atoms with Crippen molar-refractivity contribution < 1.29 is 0 Å². The topological polar surface area (TPSA) is 3.24 Å². The Bertz CT molecular complexity index is 260. The third kappa shape index (κ3) is 1.75. The van der Waals surface area contributed by atoms with Crippen molar-refractivity contribution in [1.82, 2.24) is 4.90 Å². The number of hydrogen-bond acceptors (Lipinski definition) is 1. The van der Waals surface area contributed by atoms with Crippen molar-refractivity contribution in [1.29, 1.82) is 0 Å². The van der Waals surface area contributed by atoms with Gasteiger partial charge in [0.25, 0.3) is 0 Å². The number of nitrogens with zero attached hydrogens (tertiary/aromatic N) is 1. The maximum atomic E-state index is 4.10. The van der Waals surface area contributed by atoms with Gasteiger partial charge in [-0.15, -0.1) is 0 Å². The molecule has 0 aliphatic carbocycles. The molecule has 1 radical (unpaired) electrons. The van der Waals surface area contributed by atoms with Crippen LogP contribution < -0.4 is 0 Å². The van der Waals surface area contributed by atoms with Gasteiger partial charge in [0.1, 0.15) is 0 Å². The highest BCUT2D eigenvalue weighted by Crippen LogP contribution is 2.26. The summed E-state index contributed by atoms with van der Waals surface area (Å²) in [6.45, 7) is 7.42. The molecule has 2 unspecified atom stereocenters. The molecule has 1 saturated heterocycles. The minimum Gasteiger partial charge on any atom is -0.293 e. The van der Waals surface area contributed by atoms with Gasteiger partial charge in [0, 0.05) is 18.6 Å². The smallest absolute Gasteiger partial charge is 0.0239 e. The zero-order chi connectivity index (χ0) is 9.26. The quantitative estimate of drug-likeness (QED) is 0.665. The average Bonchev–Trinajstić information content (AvgIpc) is 2.16. The maximum absolute atomic E-state index is 4.10. The summed E-state index contributed by atoms with van der Waals surface area (Å²) in [6.07, 6.45) is 1.24. The van der Waals surface area contributed by atoms with Crippen LogP contribution >= 0.6 is 0 Å². The van der Waals surface area contributed by atoms with Gasteiger partial charge >= 0.3 is 0 Å². The van der Waals surface area contributed by atoms with Crippen molar-refractivity contribution in [2.24, 2.45) is 0 Å². The van der Waals surface area contributed by atoms with Crippen LogP contribution in [0.2, 0.25) is 0 Å². The summed E-state index contributed by atoms with van der Waals surface area (Å²) >= 11 is 0. The molecule has 2 atom stereocenters. The summed E-state index contributed by atoms with van der Waals surface area (Å²) < 4.78 is 0.